The van der Waals surface area contributed by atoms with Crippen molar-refractivity contribution >= 4 is 17.6 Å². The standard InChI is InChI=1S/C13H19N3O3/c17-11(16-10-8-14-15-9-10)7-13(12(18)19)5-3-1-2-4-6-13/h8-9H,1-7H2,(H,14,15)(H,16,17)(H,18,19). The number of H-pyrrole nitrogens is 1. The number of carbonyl (C=O) groups is 2. The van der Waals surface area contributed by atoms with Crippen molar-refractivity contribution in [3.8, 4) is 0 Å². The average Bonchev–Trinajstić information content (AvgIpc) is 2.73. The summed E-state index contributed by atoms with van der Waals surface area (Å²) in [4.78, 5) is 23.6. The van der Waals surface area contributed by atoms with Crippen molar-refractivity contribution in [1.29, 1.82) is 0 Å². The molecule has 0 saturated heterocycles. The lowest BCUT2D eigenvalue weighted by Crippen LogP contribution is -2.35. The van der Waals surface area contributed by atoms with Crippen LogP contribution in [0.25, 0.3) is 0 Å². The highest BCUT2D eigenvalue weighted by Gasteiger charge is 2.40. The number of hydrogen-bond donors (Lipinski definition) is 3. The lowest BCUT2D eigenvalue weighted by Gasteiger charge is -2.27. The number of rotatable bonds is 4. The van der Waals surface area contributed by atoms with Gasteiger partial charge in [0.1, 0.15) is 0 Å². The highest BCUT2D eigenvalue weighted by atomic mass is 16.4. The molecule has 1 aliphatic rings. The van der Waals surface area contributed by atoms with Crippen molar-refractivity contribution in [1.82, 2.24) is 10.2 Å². The van der Waals surface area contributed by atoms with Gasteiger partial charge in [-0.25, -0.2) is 0 Å². The molecule has 6 heteroatoms. The Morgan fingerprint density at radius 2 is 2.00 bits per heavy atom. The minimum absolute atomic E-state index is 0.0352. The molecule has 1 aromatic rings. The third-order valence-corrected chi connectivity index (χ3v) is 3.80. The predicted molar refractivity (Wildman–Crippen MR) is 69.6 cm³/mol. The van der Waals surface area contributed by atoms with Crippen LogP contribution in [0.3, 0.4) is 0 Å². The first-order valence-electron chi connectivity index (χ1n) is 6.64. The number of nitrogens with zero attached hydrogens (tertiary/aromatic N) is 1. The lowest BCUT2D eigenvalue weighted by molar-refractivity contribution is -0.152. The number of anilines is 1. The number of aliphatic carboxylic acids is 1. The maximum atomic E-state index is 12.0. The van der Waals surface area contributed by atoms with E-state index in [1.807, 2.05) is 0 Å². The Kier molecular flexibility index (Phi) is 4.19. The number of carbonyl (C=O) groups excluding carboxylic acids is 1. The molecule has 0 radical (unpaired) electrons. The van der Waals surface area contributed by atoms with Crippen LogP contribution < -0.4 is 5.32 Å². The van der Waals surface area contributed by atoms with Crippen LogP contribution in [0.4, 0.5) is 5.69 Å². The van der Waals surface area contributed by atoms with Gasteiger partial charge in [0.25, 0.3) is 0 Å². The van der Waals surface area contributed by atoms with Gasteiger partial charge in [-0.15, -0.1) is 0 Å². The molecule has 0 aliphatic heterocycles. The van der Waals surface area contributed by atoms with Crippen molar-refractivity contribution in [3.63, 3.8) is 0 Å². The van der Waals surface area contributed by atoms with E-state index in [1.54, 1.807) is 6.20 Å². The summed E-state index contributed by atoms with van der Waals surface area (Å²) in [6, 6.07) is 0. The van der Waals surface area contributed by atoms with Gasteiger partial charge in [-0.3, -0.25) is 14.7 Å². The summed E-state index contributed by atoms with van der Waals surface area (Å²) in [6.07, 6.45) is 8.14. The largest absolute Gasteiger partial charge is 0.481 e. The highest BCUT2D eigenvalue weighted by molar-refractivity contribution is 5.94. The summed E-state index contributed by atoms with van der Waals surface area (Å²) in [5.41, 5.74) is -0.330. The Hall–Kier alpha value is -1.85. The van der Waals surface area contributed by atoms with E-state index in [4.69, 9.17) is 0 Å². The van der Waals surface area contributed by atoms with Gasteiger partial charge in [-0.1, -0.05) is 25.7 Å². The van der Waals surface area contributed by atoms with Crippen LogP contribution in [-0.2, 0) is 9.59 Å². The van der Waals surface area contributed by atoms with Gasteiger partial charge >= 0.3 is 5.97 Å². The summed E-state index contributed by atoms with van der Waals surface area (Å²) in [7, 11) is 0. The zero-order valence-electron chi connectivity index (χ0n) is 10.8. The van der Waals surface area contributed by atoms with Crippen LogP contribution in [0.5, 0.6) is 0 Å². The number of nitrogens with one attached hydrogen (secondary N) is 2. The highest BCUT2D eigenvalue weighted by Crippen LogP contribution is 2.38. The summed E-state index contributed by atoms with van der Waals surface area (Å²) >= 11 is 0. The maximum Gasteiger partial charge on any atom is 0.310 e. The molecule has 0 unspecified atom stereocenters. The molecule has 0 bridgehead atoms. The first kappa shape index (κ1) is 13.6. The summed E-state index contributed by atoms with van der Waals surface area (Å²) < 4.78 is 0. The van der Waals surface area contributed by atoms with E-state index in [1.165, 1.54) is 6.20 Å². The van der Waals surface area contributed by atoms with Gasteiger partial charge in [0, 0.05) is 12.6 Å². The van der Waals surface area contributed by atoms with Crippen molar-refractivity contribution in [2.45, 2.75) is 44.9 Å². The SMILES string of the molecule is O=C(CC1(C(=O)O)CCCCCC1)Nc1cn[nH]c1. The minimum Gasteiger partial charge on any atom is -0.481 e. The third-order valence-electron chi connectivity index (χ3n) is 3.80. The smallest absolute Gasteiger partial charge is 0.310 e. The molecule has 3 N–H and O–H groups in total. The summed E-state index contributed by atoms with van der Waals surface area (Å²) in [5.74, 6) is -1.11. The van der Waals surface area contributed by atoms with Crippen LogP contribution >= 0.6 is 0 Å². The van der Waals surface area contributed by atoms with Gasteiger partial charge in [0.05, 0.1) is 17.3 Å². The lowest BCUT2D eigenvalue weighted by atomic mass is 9.77. The van der Waals surface area contributed by atoms with Crippen molar-refractivity contribution in [2.75, 3.05) is 5.32 Å². The Bertz CT molecular complexity index is 434. The molecule has 0 atom stereocenters. The van der Waals surface area contributed by atoms with Crippen LogP contribution in [0.15, 0.2) is 12.4 Å². The first-order chi connectivity index (χ1) is 9.12. The number of hydrogen-bond acceptors (Lipinski definition) is 3. The van der Waals surface area contributed by atoms with Crippen LogP contribution in [0, 0.1) is 5.41 Å². The molecule has 0 spiro atoms. The Labute approximate surface area is 111 Å². The van der Waals surface area contributed by atoms with Crippen molar-refractivity contribution in [2.24, 2.45) is 5.41 Å². The molecular formula is C13H19N3O3. The van der Waals surface area contributed by atoms with Gasteiger partial charge in [-0.2, -0.15) is 5.10 Å². The van der Waals surface area contributed by atoms with Crippen LogP contribution in [0.2, 0.25) is 0 Å². The molecule has 19 heavy (non-hydrogen) atoms. The molecule has 1 aromatic heterocycles. The van der Waals surface area contributed by atoms with E-state index in [0.29, 0.717) is 18.5 Å². The summed E-state index contributed by atoms with van der Waals surface area (Å²) in [6.45, 7) is 0. The fourth-order valence-corrected chi connectivity index (χ4v) is 2.70. The molecule has 1 heterocycles. The third kappa shape index (κ3) is 3.33. The first-order valence-corrected chi connectivity index (χ1v) is 6.64. The van der Waals surface area contributed by atoms with Crippen LogP contribution in [0.1, 0.15) is 44.9 Å². The molecule has 0 aromatic carbocycles. The second-order valence-corrected chi connectivity index (χ2v) is 5.21. The van der Waals surface area contributed by atoms with E-state index >= 15 is 0 Å². The molecule has 6 nitrogen and oxygen atoms in total. The zero-order valence-corrected chi connectivity index (χ0v) is 10.8. The molecule has 104 valence electrons. The topological polar surface area (TPSA) is 95.1 Å². The Balaban J connectivity index is 2.03. The number of aromatic nitrogens is 2. The molecule has 1 amide bonds. The number of aromatic amines is 1. The Morgan fingerprint density at radius 1 is 1.32 bits per heavy atom. The number of carboxylic acids is 1. The van der Waals surface area contributed by atoms with Crippen LogP contribution in [-0.4, -0.2) is 27.2 Å². The predicted octanol–water partition coefficient (Wildman–Crippen LogP) is 2.16. The van der Waals surface area contributed by atoms with E-state index in [-0.39, 0.29) is 12.3 Å². The zero-order chi connectivity index (χ0) is 13.7. The number of amides is 1. The van der Waals surface area contributed by atoms with Crippen molar-refractivity contribution in [3.05, 3.63) is 12.4 Å². The maximum absolute atomic E-state index is 12.0. The Morgan fingerprint density at radius 3 is 2.53 bits per heavy atom. The molecule has 2 rings (SSSR count). The van der Waals surface area contributed by atoms with Gasteiger partial charge < -0.3 is 10.4 Å². The summed E-state index contributed by atoms with van der Waals surface area (Å²) in [5, 5.41) is 18.5. The van der Waals surface area contributed by atoms with Crippen molar-refractivity contribution < 1.29 is 14.7 Å². The minimum atomic E-state index is -0.898. The molecule has 1 saturated carbocycles. The van der Waals surface area contributed by atoms with Gasteiger partial charge in [0.2, 0.25) is 5.91 Å². The normalized spacial score (nSPS) is 18.5. The second kappa shape index (κ2) is 5.86. The number of carboxylic acid groups (broad SMARTS) is 1. The fourth-order valence-electron chi connectivity index (χ4n) is 2.70. The quantitative estimate of drug-likeness (QED) is 0.727. The van der Waals surface area contributed by atoms with E-state index < -0.39 is 11.4 Å². The second-order valence-electron chi connectivity index (χ2n) is 5.21. The van der Waals surface area contributed by atoms with E-state index in [2.05, 4.69) is 15.5 Å². The van der Waals surface area contributed by atoms with E-state index in [0.717, 1.165) is 25.7 Å². The van der Waals surface area contributed by atoms with Gasteiger partial charge in [-0.05, 0) is 12.8 Å². The van der Waals surface area contributed by atoms with E-state index in [9.17, 15) is 14.7 Å². The monoisotopic (exact) mass is 265 g/mol. The average molecular weight is 265 g/mol. The fraction of sp³-hybridized carbons (Fsp3) is 0.615. The molecule has 1 fully saturated rings. The molecule has 1 aliphatic carbocycles. The molecular weight excluding hydrogens is 246 g/mol. The van der Waals surface area contributed by atoms with Gasteiger partial charge in [0.15, 0.2) is 0 Å².